The van der Waals surface area contributed by atoms with Crippen LogP contribution in [-0.2, 0) is 28.7 Å². The Kier molecular flexibility index (Phi) is 12.4. The molecule has 0 aromatic carbocycles. The van der Waals surface area contributed by atoms with E-state index in [1.807, 2.05) is 62.3 Å². The summed E-state index contributed by atoms with van der Waals surface area (Å²) >= 11 is 0. The van der Waals surface area contributed by atoms with Crippen LogP contribution in [0.3, 0.4) is 0 Å². The molecule has 2 unspecified atom stereocenters. The zero-order valence-corrected chi connectivity index (χ0v) is 30.2. The van der Waals surface area contributed by atoms with Crippen molar-refractivity contribution in [1.29, 1.82) is 0 Å². The fourth-order valence-electron chi connectivity index (χ4n) is 6.36. The quantitative estimate of drug-likeness (QED) is 0.116. The number of ketones is 1. The van der Waals surface area contributed by atoms with Gasteiger partial charge in [-0.2, -0.15) is 0 Å². The monoisotopic (exact) mass is 675 g/mol. The standard InChI is InChI=1S/C35H57N5O8/c1-11-13-22(26(41)29(43)36-16-12-2)37-28(42)25-24-21(35(24,9)10)17-40(25)30(44)27(34(6,7)8)39-31(45)38-23(33(3,4)5)19-48-32(46)47-18-20-14-15-20/h12,20-25,27H,2,11,13-19H2,1,3-10H3,(H,36,43)(H,37,42)(H2,38,39,45)/t21-,22?,23+,24-,25?,27+/m0/s1. The van der Waals surface area contributed by atoms with E-state index in [2.05, 4.69) is 27.8 Å². The number of piperidine rings is 1. The summed E-state index contributed by atoms with van der Waals surface area (Å²) in [6, 6.07) is -4.17. The van der Waals surface area contributed by atoms with Crippen LogP contribution in [0.25, 0.3) is 0 Å². The Morgan fingerprint density at radius 2 is 1.60 bits per heavy atom. The molecule has 0 radical (unpaired) electrons. The summed E-state index contributed by atoms with van der Waals surface area (Å²) in [5.41, 5.74) is -1.45. The molecule has 3 aliphatic rings. The summed E-state index contributed by atoms with van der Waals surface area (Å²) < 4.78 is 10.5. The maximum atomic E-state index is 14.3. The SMILES string of the molecule is C=CCNC(=O)C(=O)C(CCC)NC(=O)C1[C@@H]2[C@H](CN1C(=O)[C@@H](NC(=O)N[C@H](COC(=O)OCC1CC1)C(C)(C)C)C(C)(C)C)C2(C)C. The van der Waals surface area contributed by atoms with E-state index in [9.17, 15) is 28.8 Å². The molecule has 2 saturated carbocycles. The van der Waals surface area contributed by atoms with Gasteiger partial charge in [0.05, 0.1) is 18.7 Å². The number of carbonyl (C=O) groups excluding carboxylic acids is 6. The van der Waals surface area contributed by atoms with Gasteiger partial charge >= 0.3 is 12.2 Å². The zero-order chi connectivity index (χ0) is 36.2. The van der Waals surface area contributed by atoms with Gasteiger partial charge in [0.2, 0.25) is 17.6 Å². The molecule has 0 spiro atoms. The molecule has 6 atom stereocenters. The third-order valence-electron chi connectivity index (χ3n) is 9.84. The van der Waals surface area contributed by atoms with Gasteiger partial charge in [-0.1, -0.05) is 74.8 Å². The number of ether oxygens (including phenoxy) is 2. The lowest BCUT2D eigenvalue weighted by molar-refractivity contribution is -0.145. The number of urea groups is 1. The van der Waals surface area contributed by atoms with Crippen LogP contribution in [0.4, 0.5) is 9.59 Å². The van der Waals surface area contributed by atoms with Crippen molar-refractivity contribution in [2.75, 3.05) is 26.3 Å². The summed E-state index contributed by atoms with van der Waals surface area (Å²) in [5, 5.41) is 10.9. The van der Waals surface area contributed by atoms with Crippen LogP contribution >= 0.6 is 0 Å². The lowest BCUT2D eigenvalue weighted by Crippen LogP contribution is -2.62. The molecule has 2 aliphatic carbocycles. The van der Waals surface area contributed by atoms with Crippen LogP contribution < -0.4 is 21.3 Å². The highest BCUT2D eigenvalue weighted by Crippen LogP contribution is 2.65. The molecule has 0 aromatic heterocycles. The van der Waals surface area contributed by atoms with Crippen LogP contribution in [0.1, 0.15) is 88.0 Å². The van der Waals surface area contributed by atoms with Gasteiger partial charge in [0, 0.05) is 13.1 Å². The first-order valence-corrected chi connectivity index (χ1v) is 17.1. The molecule has 1 saturated heterocycles. The highest BCUT2D eigenvalue weighted by Gasteiger charge is 2.70. The molecule has 1 heterocycles. The van der Waals surface area contributed by atoms with Gasteiger partial charge < -0.3 is 35.6 Å². The van der Waals surface area contributed by atoms with E-state index >= 15 is 0 Å². The molecular weight excluding hydrogens is 618 g/mol. The fourth-order valence-corrected chi connectivity index (χ4v) is 6.36. The molecule has 4 N–H and O–H groups in total. The van der Waals surface area contributed by atoms with Crippen molar-refractivity contribution in [2.45, 2.75) is 112 Å². The molecule has 3 fully saturated rings. The first-order chi connectivity index (χ1) is 22.2. The van der Waals surface area contributed by atoms with Crippen LogP contribution in [0.15, 0.2) is 12.7 Å². The Bertz CT molecular complexity index is 1250. The number of likely N-dealkylation sites (tertiary alicyclic amines) is 1. The number of hydrogen-bond donors (Lipinski definition) is 4. The van der Waals surface area contributed by atoms with E-state index < -0.39 is 70.7 Å². The summed E-state index contributed by atoms with van der Waals surface area (Å²) in [5.74, 6) is -2.19. The van der Waals surface area contributed by atoms with Crippen molar-refractivity contribution in [1.82, 2.24) is 26.2 Å². The maximum absolute atomic E-state index is 14.3. The van der Waals surface area contributed by atoms with E-state index in [1.54, 1.807) is 0 Å². The normalized spacial score (nSPS) is 23.0. The average molecular weight is 676 g/mol. The number of carbonyl (C=O) groups is 6. The minimum absolute atomic E-state index is 0.0601. The third-order valence-corrected chi connectivity index (χ3v) is 9.84. The highest BCUT2D eigenvalue weighted by atomic mass is 16.7. The number of rotatable bonds is 15. The third kappa shape index (κ3) is 9.72. The van der Waals surface area contributed by atoms with Crippen molar-refractivity contribution < 1.29 is 38.2 Å². The van der Waals surface area contributed by atoms with Crippen molar-refractivity contribution in [2.24, 2.45) is 34.0 Å². The molecule has 0 bridgehead atoms. The molecule has 1 aliphatic heterocycles. The first kappa shape index (κ1) is 38.8. The van der Waals surface area contributed by atoms with E-state index in [1.165, 1.54) is 11.0 Å². The Morgan fingerprint density at radius 1 is 0.958 bits per heavy atom. The molecule has 13 nitrogen and oxygen atoms in total. The highest BCUT2D eigenvalue weighted by molar-refractivity contribution is 6.38. The van der Waals surface area contributed by atoms with Crippen molar-refractivity contribution >= 4 is 35.7 Å². The summed E-state index contributed by atoms with van der Waals surface area (Å²) in [7, 11) is 0. The smallest absolute Gasteiger partial charge is 0.434 e. The predicted molar refractivity (Wildman–Crippen MR) is 179 cm³/mol. The molecule has 48 heavy (non-hydrogen) atoms. The summed E-state index contributed by atoms with van der Waals surface area (Å²) in [6.07, 6.45) is 3.53. The van der Waals surface area contributed by atoms with Crippen molar-refractivity contribution in [3.05, 3.63) is 12.7 Å². The molecule has 13 heteroatoms. The summed E-state index contributed by atoms with van der Waals surface area (Å²) in [6.45, 7) is 21.3. The molecule has 0 aromatic rings. The number of nitrogens with zero attached hydrogens (tertiary/aromatic N) is 1. The van der Waals surface area contributed by atoms with Crippen molar-refractivity contribution in [3.63, 3.8) is 0 Å². The first-order valence-electron chi connectivity index (χ1n) is 17.1. The average Bonchev–Trinajstić information content (AvgIpc) is 3.85. The largest absolute Gasteiger partial charge is 0.508 e. The second kappa shape index (κ2) is 15.3. The second-order valence-corrected chi connectivity index (χ2v) is 16.3. The number of amides is 5. The Balaban J connectivity index is 1.75. The second-order valence-electron chi connectivity index (χ2n) is 16.3. The fraction of sp³-hybridized carbons (Fsp3) is 0.771. The number of fused-ring (bicyclic) bond motifs is 1. The summed E-state index contributed by atoms with van der Waals surface area (Å²) in [4.78, 5) is 80.7. The lowest BCUT2D eigenvalue weighted by atomic mass is 9.85. The van der Waals surface area contributed by atoms with E-state index in [-0.39, 0.29) is 36.8 Å². The minimum atomic E-state index is -1.05. The Morgan fingerprint density at radius 3 is 2.15 bits per heavy atom. The van der Waals surface area contributed by atoms with Gasteiger partial charge in [-0.25, -0.2) is 9.59 Å². The molecule has 3 rings (SSSR count). The van der Waals surface area contributed by atoms with Crippen LogP contribution in [0.5, 0.6) is 0 Å². The lowest BCUT2D eigenvalue weighted by Gasteiger charge is -2.38. The predicted octanol–water partition coefficient (Wildman–Crippen LogP) is 3.32. The van der Waals surface area contributed by atoms with Gasteiger partial charge in [-0.15, -0.1) is 6.58 Å². The van der Waals surface area contributed by atoms with Crippen LogP contribution in [0, 0.1) is 34.0 Å². The topological polar surface area (TPSA) is 172 Å². The Hall–Kier alpha value is -3.64. The van der Waals surface area contributed by atoms with E-state index in [4.69, 9.17) is 9.47 Å². The van der Waals surface area contributed by atoms with Gasteiger partial charge in [0.15, 0.2) is 0 Å². The van der Waals surface area contributed by atoms with Crippen LogP contribution in [0.2, 0.25) is 0 Å². The minimum Gasteiger partial charge on any atom is -0.434 e. The van der Waals surface area contributed by atoms with Gasteiger partial charge in [0.25, 0.3) is 5.91 Å². The molecule has 5 amide bonds. The number of Topliss-reactive ketones (excluding diaryl/α,β-unsaturated/α-hetero) is 1. The molecular formula is C35H57N5O8. The van der Waals surface area contributed by atoms with E-state index in [0.29, 0.717) is 25.5 Å². The van der Waals surface area contributed by atoms with Crippen molar-refractivity contribution in [3.8, 4) is 0 Å². The number of hydrogen-bond acceptors (Lipinski definition) is 8. The Labute approximate surface area is 285 Å². The zero-order valence-electron chi connectivity index (χ0n) is 30.2. The number of nitrogens with one attached hydrogen (secondary N) is 4. The maximum Gasteiger partial charge on any atom is 0.508 e. The van der Waals surface area contributed by atoms with Gasteiger partial charge in [-0.3, -0.25) is 19.2 Å². The van der Waals surface area contributed by atoms with Gasteiger partial charge in [-0.05, 0) is 53.3 Å². The molecule has 270 valence electrons. The van der Waals surface area contributed by atoms with E-state index in [0.717, 1.165) is 12.8 Å². The van der Waals surface area contributed by atoms with Crippen LogP contribution in [-0.4, -0.2) is 91.1 Å². The van der Waals surface area contributed by atoms with Gasteiger partial charge in [0.1, 0.15) is 18.7 Å².